The fourth-order valence-corrected chi connectivity index (χ4v) is 1.42. The van der Waals surface area contributed by atoms with Crippen molar-refractivity contribution in [2.75, 3.05) is 12.0 Å². The first-order chi connectivity index (χ1) is 7.43. The molecule has 88 valence electrons. The van der Waals surface area contributed by atoms with Crippen molar-refractivity contribution in [3.05, 3.63) is 29.5 Å². The average molecular weight is 244 g/mol. The summed E-state index contributed by atoms with van der Waals surface area (Å²) in [6.07, 6.45) is 0. The van der Waals surface area contributed by atoms with Crippen LogP contribution in [0.25, 0.3) is 0 Å². The van der Waals surface area contributed by atoms with Gasteiger partial charge in [-0.2, -0.15) is 4.86 Å². The van der Waals surface area contributed by atoms with Gasteiger partial charge in [-0.1, -0.05) is 0 Å². The fourth-order valence-electron chi connectivity index (χ4n) is 0.903. The van der Waals surface area contributed by atoms with E-state index >= 15 is 0 Å². The molecule has 0 amide bonds. The minimum atomic E-state index is -3.69. The van der Waals surface area contributed by atoms with E-state index in [0.29, 0.717) is 10.5 Å². The van der Waals surface area contributed by atoms with Crippen LogP contribution in [-0.2, 0) is 10.0 Å². The van der Waals surface area contributed by atoms with E-state index in [-0.39, 0.29) is 11.4 Å². The molecule has 1 aromatic carbocycles. The predicted molar refractivity (Wildman–Crippen MR) is 58.0 cm³/mol. The highest BCUT2D eigenvalue weighted by atomic mass is 32.2. The Kier molecular flexibility index (Phi) is 3.80. The molecular weight excluding hydrogens is 232 g/mol. The van der Waals surface area contributed by atoms with E-state index in [0.717, 1.165) is 0 Å². The molecule has 0 fully saturated rings. The van der Waals surface area contributed by atoms with Crippen molar-refractivity contribution in [3.63, 3.8) is 0 Å². The summed E-state index contributed by atoms with van der Waals surface area (Å²) in [6.45, 7) is 1.88. The van der Waals surface area contributed by atoms with Gasteiger partial charge < -0.3 is 5.21 Å². The molecule has 8 heteroatoms. The summed E-state index contributed by atoms with van der Waals surface area (Å²) in [4.78, 5) is 0.473. The summed E-state index contributed by atoms with van der Waals surface area (Å²) in [5, 5.41) is 19.2. The van der Waals surface area contributed by atoms with Crippen molar-refractivity contribution in [2.24, 2.45) is 10.4 Å². The quantitative estimate of drug-likeness (QED) is 0.460. The van der Waals surface area contributed by atoms with Gasteiger partial charge in [0.25, 0.3) is 0 Å². The van der Waals surface area contributed by atoms with Gasteiger partial charge in [-0.15, -0.1) is 5.43 Å². The number of sulfonamides is 1. The standard InChI is InChI=1S/C8H12N4O3S/c1-2-12(13)11-10-7-3-5-8(6-4-7)16(9,14)15/h3-6,10H,2H2,1H3,(H2,9,14,15)/b12-11+. The first-order valence-electron chi connectivity index (χ1n) is 4.47. The largest absolute Gasteiger partial charge is 0.696 e. The van der Waals surface area contributed by atoms with Crippen molar-refractivity contribution in [2.45, 2.75) is 11.8 Å². The first-order valence-corrected chi connectivity index (χ1v) is 6.02. The minimum Gasteiger partial charge on any atom is -0.696 e. The Morgan fingerprint density at radius 3 is 2.44 bits per heavy atom. The molecule has 0 heterocycles. The summed E-state index contributed by atoms with van der Waals surface area (Å²) in [6, 6.07) is 5.59. The lowest BCUT2D eigenvalue weighted by Gasteiger charge is -2.01. The molecule has 0 bridgehead atoms. The molecule has 0 aliphatic rings. The normalized spacial score (nSPS) is 12.5. The van der Waals surface area contributed by atoms with Crippen LogP contribution in [0.1, 0.15) is 6.92 Å². The average Bonchev–Trinajstić information content (AvgIpc) is 2.25. The Morgan fingerprint density at radius 2 is 2.00 bits per heavy atom. The van der Waals surface area contributed by atoms with Crippen LogP contribution < -0.4 is 10.6 Å². The van der Waals surface area contributed by atoms with Crippen LogP contribution in [-0.4, -0.2) is 19.8 Å². The summed E-state index contributed by atoms with van der Waals surface area (Å²) >= 11 is 0. The van der Waals surface area contributed by atoms with Crippen molar-refractivity contribution in [3.8, 4) is 0 Å². The molecule has 16 heavy (non-hydrogen) atoms. The zero-order valence-electron chi connectivity index (χ0n) is 8.62. The van der Waals surface area contributed by atoms with Gasteiger partial charge >= 0.3 is 0 Å². The molecule has 0 aliphatic heterocycles. The Balaban J connectivity index is 2.81. The van der Waals surface area contributed by atoms with Crippen LogP contribution in [0.5, 0.6) is 0 Å². The Morgan fingerprint density at radius 1 is 1.44 bits per heavy atom. The van der Waals surface area contributed by atoms with Crippen LogP contribution >= 0.6 is 0 Å². The van der Waals surface area contributed by atoms with Gasteiger partial charge in [-0.3, -0.25) is 0 Å². The number of benzene rings is 1. The maximum Gasteiger partial charge on any atom is 0.238 e. The van der Waals surface area contributed by atoms with Crippen LogP contribution in [0.15, 0.2) is 34.4 Å². The first kappa shape index (κ1) is 12.4. The zero-order chi connectivity index (χ0) is 12.2. The number of anilines is 1. The number of rotatable bonds is 4. The van der Waals surface area contributed by atoms with Gasteiger partial charge in [0.15, 0.2) is 0 Å². The van der Waals surface area contributed by atoms with Gasteiger partial charge in [0.2, 0.25) is 10.0 Å². The van der Waals surface area contributed by atoms with Gasteiger partial charge in [0.05, 0.1) is 10.1 Å². The zero-order valence-corrected chi connectivity index (χ0v) is 9.44. The van der Waals surface area contributed by atoms with E-state index in [4.69, 9.17) is 5.14 Å². The number of primary sulfonamides is 1. The van der Waals surface area contributed by atoms with E-state index < -0.39 is 10.0 Å². The van der Waals surface area contributed by atoms with E-state index in [1.54, 1.807) is 6.92 Å². The molecule has 0 aliphatic carbocycles. The third kappa shape index (κ3) is 3.48. The molecule has 0 spiro atoms. The second-order valence-electron chi connectivity index (χ2n) is 2.95. The molecular formula is C8H12N4O3S. The molecule has 1 rings (SSSR count). The number of hydrogen-bond acceptors (Lipinski definition) is 4. The van der Waals surface area contributed by atoms with E-state index in [1.165, 1.54) is 24.3 Å². The molecule has 0 saturated carbocycles. The van der Waals surface area contributed by atoms with Gasteiger partial charge in [-0.05, 0) is 31.2 Å². The smallest absolute Gasteiger partial charge is 0.238 e. The summed E-state index contributed by atoms with van der Waals surface area (Å²) in [5.41, 5.74) is 2.98. The molecule has 0 radical (unpaired) electrons. The van der Waals surface area contributed by atoms with E-state index in [1.807, 2.05) is 0 Å². The molecule has 0 atom stereocenters. The fraction of sp³-hybridized carbons (Fsp3) is 0.250. The van der Waals surface area contributed by atoms with Crippen LogP contribution in [0.4, 0.5) is 5.69 Å². The topological polar surface area (TPSA) is 111 Å². The van der Waals surface area contributed by atoms with Gasteiger partial charge in [0.1, 0.15) is 12.2 Å². The Hall–Kier alpha value is -1.67. The lowest BCUT2D eigenvalue weighted by Crippen LogP contribution is -2.11. The number of nitrogens with one attached hydrogen (secondary N) is 1. The van der Waals surface area contributed by atoms with E-state index in [2.05, 4.69) is 10.6 Å². The predicted octanol–water partition coefficient (Wildman–Crippen LogP) is 0.643. The highest BCUT2D eigenvalue weighted by Crippen LogP contribution is 2.12. The van der Waals surface area contributed by atoms with Gasteiger partial charge in [-0.25, -0.2) is 13.6 Å². The highest BCUT2D eigenvalue weighted by Gasteiger charge is 2.07. The highest BCUT2D eigenvalue weighted by molar-refractivity contribution is 7.89. The molecule has 0 unspecified atom stereocenters. The van der Waals surface area contributed by atoms with Crippen molar-refractivity contribution in [1.82, 2.24) is 0 Å². The Labute approximate surface area is 93.2 Å². The van der Waals surface area contributed by atoms with Crippen LogP contribution in [0, 0.1) is 5.21 Å². The van der Waals surface area contributed by atoms with Crippen molar-refractivity contribution < 1.29 is 13.3 Å². The maximum atomic E-state index is 10.9. The molecule has 0 saturated heterocycles. The third-order valence-electron chi connectivity index (χ3n) is 1.74. The number of nitrogens with zero attached hydrogens (tertiary/aromatic N) is 2. The van der Waals surface area contributed by atoms with Crippen molar-refractivity contribution in [1.29, 1.82) is 0 Å². The van der Waals surface area contributed by atoms with Crippen molar-refractivity contribution >= 4 is 15.7 Å². The molecule has 0 aromatic heterocycles. The lowest BCUT2D eigenvalue weighted by atomic mass is 10.3. The summed E-state index contributed by atoms with van der Waals surface area (Å²) < 4.78 is 21.9. The summed E-state index contributed by atoms with van der Waals surface area (Å²) in [5.74, 6) is 0. The molecule has 7 nitrogen and oxygen atoms in total. The minimum absolute atomic E-state index is 0.00696. The van der Waals surface area contributed by atoms with Gasteiger partial charge in [0, 0.05) is 0 Å². The SMILES string of the molecule is CC/[N+]([O-])=N\Nc1ccc(S(N)(=O)=O)cc1. The van der Waals surface area contributed by atoms with E-state index in [9.17, 15) is 13.6 Å². The van der Waals surface area contributed by atoms with Crippen LogP contribution in [0.2, 0.25) is 0 Å². The number of hydroxylamine groups is 1. The third-order valence-corrected chi connectivity index (χ3v) is 2.67. The second-order valence-corrected chi connectivity index (χ2v) is 4.51. The lowest BCUT2D eigenvalue weighted by molar-refractivity contribution is -0.524. The number of nitrogens with two attached hydrogens (primary N) is 1. The van der Waals surface area contributed by atoms with Crippen LogP contribution in [0.3, 0.4) is 0 Å². The number of hydrogen-bond donors (Lipinski definition) is 2. The summed E-state index contributed by atoms with van der Waals surface area (Å²) in [7, 11) is -3.69. The molecule has 1 aromatic rings. The molecule has 3 N–H and O–H groups in total. The Bertz CT molecular complexity index is 481. The maximum absolute atomic E-state index is 10.9. The monoisotopic (exact) mass is 244 g/mol. The second kappa shape index (κ2) is 4.90.